The molecule has 0 aliphatic heterocycles. The first kappa shape index (κ1) is 14.6. The van der Waals surface area contributed by atoms with Gasteiger partial charge in [-0.15, -0.1) is 0 Å². The van der Waals surface area contributed by atoms with E-state index in [9.17, 15) is 9.59 Å². The minimum absolute atomic E-state index is 0. The number of hydrogen-bond acceptors (Lipinski definition) is 2. The van der Waals surface area contributed by atoms with Gasteiger partial charge < -0.3 is 12.4 Å². The summed E-state index contributed by atoms with van der Waals surface area (Å²) in [6, 6.07) is 14.7. The van der Waals surface area contributed by atoms with Gasteiger partial charge >= 0.3 is 113 Å². The zero-order valence-corrected chi connectivity index (χ0v) is 12.8. The second-order valence-electron chi connectivity index (χ2n) is 4.09. The number of nitrogens with two attached hydrogens (primary N) is 1. The van der Waals surface area contributed by atoms with E-state index in [4.69, 9.17) is 5.73 Å². The molecule has 0 aliphatic carbocycles. The molecule has 1 aromatic heterocycles. The molecule has 4 nitrogen and oxygen atoms in total. The van der Waals surface area contributed by atoms with Crippen LogP contribution in [-0.4, -0.2) is 23.6 Å². The number of aromatic nitrogens is 1. The van der Waals surface area contributed by atoms with Crippen LogP contribution in [0.1, 0.15) is 10.4 Å². The summed E-state index contributed by atoms with van der Waals surface area (Å²) < 4.78 is 4.87. The average Bonchev–Trinajstić information content (AvgIpc) is 2.77. The first-order valence-corrected chi connectivity index (χ1v) is 8.28. The van der Waals surface area contributed by atoms with Gasteiger partial charge in [-0.05, 0) is 0 Å². The maximum atomic E-state index is 11.9. The Morgan fingerprint density at radius 2 is 1.70 bits per heavy atom. The van der Waals surface area contributed by atoms with Gasteiger partial charge in [0.15, 0.2) is 0 Å². The van der Waals surface area contributed by atoms with E-state index in [2.05, 4.69) is 3.98 Å². The fourth-order valence-corrected chi connectivity index (χ4v) is 6.15. The Morgan fingerprint density at radius 3 is 2.45 bits per heavy atom. The van der Waals surface area contributed by atoms with Crippen molar-refractivity contribution in [3.8, 4) is 4.46 Å². The van der Waals surface area contributed by atoms with Crippen LogP contribution in [0.2, 0.25) is 0 Å². The molecule has 6 heteroatoms. The second-order valence-corrected chi connectivity index (χ2v) is 7.65. The number of halogens is 1. The zero-order chi connectivity index (χ0) is 13.4. The summed E-state index contributed by atoms with van der Waals surface area (Å²) in [7, 11) is 0. The van der Waals surface area contributed by atoms with Crippen LogP contribution in [-0.2, 0) is 0 Å². The van der Waals surface area contributed by atoms with Crippen molar-refractivity contribution in [3.05, 3.63) is 64.4 Å². The van der Waals surface area contributed by atoms with Crippen molar-refractivity contribution < 1.29 is 17.2 Å². The number of rotatable bonds is 2. The molecule has 20 heavy (non-hydrogen) atoms. The summed E-state index contributed by atoms with van der Waals surface area (Å²) in [4.78, 5) is 23.4. The Kier molecular flexibility index (Phi) is 4.14. The van der Waals surface area contributed by atoms with Crippen molar-refractivity contribution in [1.82, 2.24) is 3.98 Å². The maximum Gasteiger partial charge on any atom is -1.00 e. The molecular weight excluding hydrogens is 343 g/mol. The number of fused-ring (bicyclic) bond motifs is 1. The van der Waals surface area contributed by atoms with Gasteiger partial charge in [-0.1, -0.05) is 0 Å². The largest absolute Gasteiger partial charge is 1.00 e. The molecule has 102 valence electrons. The number of carbonyl (C=O) groups is 1. The predicted octanol–water partition coefficient (Wildman–Crippen LogP) is -1.64. The minimum Gasteiger partial charge on any atom is -1.00 e. The smallest absolute Gasteiger partial charge is 1.00 e. The van der Waals surface area contributed by atoms with Crippen LogP contribution in [0.3, 0.4) is 0 Å². The molecule has 0 saturated heterocycles. The average molecular weight is 354 g/mol. The zero-order valence-electron chi connectivity index (χ0n) is 10.3. The van der Waals surface area contributed by atoms with E-state index >= 15 is 0 Å². The Hall–Kier alpha value is -1.81. The molecule has 3 aromatic rings. The molecule has 3 N–H and O–H groups in total. The van der Waals surface area contributed by atoms with Crippen molar-refractivity contribution in [2.45, 2.75) is 0 Å². The molecule has 3 rings (SSSR count). The van der Waals surface area contributed by atoms with Crippen molar-refractivity contribution in [2.24, 2.45) is 5.73 Å². The van der Waals surface area contributed by atoms with E-state index in [-0.39, 0.29) is 18.0 Å². The van der Waals surface area contributed by atoms with E-state index in [1.807, 2.05) is 30.3 Å². The molecule has 0 radical (unpaired) electrons. The van der Waals surface area contributed by atoms with Crippen LogP contribution in [0.25, 0.3) is 14.1 Å². The first-order chi connectivity index (χ1) is 9.18. The molecule has 1 heterocycles. The van der Waals surface area contributed by atoms with Crippen LogP contribution < -0.4 is 23.7 Å². The van der Waals surface area contributed by atoms with Gasteiger partial charge in [-0.2, -0.15) is 0 Å². The van der Waals surface area contributed by atoms with Crippen molar-refractivity contribution in [1.29, 1.82) is 0 Å². The van der Waals surface area contributed by atoms with Gasteiger partial charge in [0.05, 0.1) is 0 Å². The van der Waals surface area contributed by atoms with Gasteiger partial charge in [0.2, 0.25) is 0 Å². The third kappa shape index (κ3) is 2.31. The standard InChI is InChI=1S/C14H10N2O2Se.ClH/c15-13(17)9-5-1-3-7-11(9)19-12-8-4-2-6-10(12)14(18)16-19;/h1-8H,(H2-,15,16,17,18);1H. The van der Waals surface area contributed by atoms with Crippen LogP contribution in [0, 0.1) is 0 Å². The molecule has 2 aromatic carbocycles. The van der Waals surface area contributed by atoms with E-state index in [1.54, 1.807) is 18.2 Å². The fourth-order valence-electron chi connectivity index (χ4n) is 2.06. The molecule has 1 amide bonds. The Morgan fingerprint density at radius 1 is 1.05 bits per heavy atom. The number of benzene rings is 2. The summed E-state index contributed by atoms with van der Waals surface area (Å²) in [5, 5.41) is 0.701. The number of hydrogen-bond donors (Lipinski definition) is 2. The Labute approximate surface area is 125 Å². The molecule has 0 saturated carbocycles. The summed E-state index contributed by atoms with van der Waals surface area (Å²) in [5.74, 6) is -0.460. The monoisotopic (exact) mass is 354 g/mol. The molecule has 0 aliphatic rings. The van der Waals surface area contributed by atoms with Gasteiger partial charge in [-0.3, -0.25) is 0 Å². The van der Waals surface area contributed by atoms with Gasteiger partial charge in [0.25, 0.3) is 0 Å². The van der Waals surface area contributed by atoms with Crippen LogP contribution in [0.15, 0.2) is 53.3 Å². The number of H-pyrrole nitrogens is 1. The summed E-state index contributed by atoms with van der Waals surface area (Å²) in [5.41, 5.74) is 5.83. The molecule has 1 atom stereocenters. The number of primary amides is 1. The summed E-state index contributed by atoms with van der Waals surface area (Å²) >= 11 is -1.73. The molecule has 1 unspecified atom stereocenters. The quantitative estimate of drug-likeness (QED) is 0.543. The van der Waals surface area contributed by atoms with E-state index in [1.165, 1.54) is 0 Å². The minimum atomic E-state index is -1.73. The van der Waals surface area contributed by atoms with E-state index in [0.29, 0.717) is 10.9 Å². The normalized spacial score (nSPS) is 11.1. The van der Waals surface area contributed by atoms with Crippen molar-refractivity contribution >= 4 is 29.2 Å². The number of nitrogens with one attached hydrogen (secondary N) is 1. The van der Waals surface area contributed by atoms with Crippen LogP contribution >= 0.6 is 0 Å². The van der Waals surface area contributed by atoms with Crippen LogP contribution in [0.4, 0.5) is 0 Å². The van der Waals surface area contributed by atoms with Gasteiger partial charge in [0.1, 0.15) is 0 Å². The number of aromatic amines is 1. The third-order valence-corrected chi connectivity index (χ3v) is 7.08. The topological polar surface area (TPSA) is 76.0 Å². The van der Waals surface area contributed by atoms with Crippen molar-refractivity contribution in [2.75, 3.05) is 0 Å². The molecule has 0 spiro atoms. The molecular formula is C14H11ClN2O2Se. The number of carbonyl (C=O) groups excluding carboxylic acids is 1. The summed E-state index contributed by atoms with van der Waals surface area (Å²) in [6.45, 7) is 0. The van der Waals surface area contributed by atoms with E-state index in [0.717, 1.165) is 8.72 Å². The SMILES string of the molecule is NC(=O)c1ccccc1-[se+]1[nH]c(=O)c2ccccc21.[Cl-]. The van der Waals surface area contributed by atoms with Crippen molar-refractivity contribution in [3.63, 3.8) is 0 Å². The molecule has 0 fully saturated rings. The van der Waals surface area contributed by atoms with Crippen LogP contribution in [0.5, 0.6) is 0 Å². The predicted molar refractivity (Wildman–Crippen MR) is 76.0 cm³/mol. The summed E-state index contributed by atoms with van der Waals surface area (Å²) in [6.07, 6.45) is 0. The van der Waals surface area contributed by atoms with Gasteiger partial charge in [0, 0.05) is 0 Å². The fraction of sp³-hybridized carbons (Fsp3) is 0. The molecule has 0 bridgehead atoms. The maximum absolute atomic E-state index is 11.9. The third-order valence-electron chi connectivity index (χ3n) is 2.92. The Balaban J connectivity index is 0.00000147. The number of amides is 1. The first-order valence-electron chi connectivity index (χ1n) is 5.71. The second kappa shape index (κ2) is 5.67. The van der Waals surface area contributed by atoms with E-state index < -0.39 is 19.6 Å². The Bertz CT molecular complexity index is 838. The van der Waals surface area contributed by atoms with Gasteiger partial charge in [-0.25, -0.2) is 0 Å².